The van der Waals surface area contributed by atoms with Gasteiger partial charge in [-0.15, -0.1) is 0 Å². The van der Waals surface area contributed by atoms with Gasteiger partial charge in [-0.1, -0.05) is 30.3 Å². The fourth-order valence-corrected chi connectivity index (χ4v) is 4.72. The lowest BCUT2D eigenvalue weighted by atomic mass is 9.73. The molecule has 0 saturated carbocycles. The van der Waals surface area contributed by atoms with Crippen LogP contribution in [0.15, 0.2) is 55.0 Å². The van der Waals surface area contributed by atoms with Crippen molar-refractivity contribution in [2.75, 3.05) is 44.3 Å². The summed E-state index contributed by atoms with van der Waals surface area (Å²) in [6.45, 7) is 6.02. The first-order valence-corrected chi connectivity index (χ1v) is 11.2. The number of carbonyl (C=O) groups is 1. The summed E-state index contributed by atoms with van der Waals surface area (Å²) in [6.07, 6.45) is 4.93. The molecule has 0 bridgehead atoms. The predicted octanol–water partition coefficient (Wildman–Crippen LogP) is 2.37. The Hall–Kier alpha value is -3.26. The maximum absolute atomic E-state index is 13.8. The topological polar surface area (TPSA) is 76.4 Å². The summed E-state index contributed by atoms with van der Waals surface area (Å²) in [6, 6.07) is 14.1. The minimum Gasteiger partial charge on any atom is -0.381 e. The molecule has 0 aliphatic carbocycles. The van der Waals surface area contributed by atoms with Crippen LogP contribution in [0.25, 0.3) is 5.82 Å². The number of hydrogen-bond donors (Lipinski definition) is 0. The van der Waals surface area contributed by atoms with E-state index in [1.54, 1.807) is 11.0 Å². The molecule has 1 amide bonds. The van der Waals surface area contributed by atoms with Crippen molar-refractivity contribution < 1.29 is 9.53 Å². The number of nitrogens with zero attached hydrogens (tertiary/aromatic N) is 6. The minimum atomic E-state index is -0.484. The van der Waals surface area contributed by atoms with Crippen LogP contribution in [-0.2, 0) is 14.9 Å². The van der Waals surface area contributed by atoms with Crippen molar-refractivity contribution in [3.05, 3.63) is 66.2 Å². The van der Waals surface area contributed by atoms with E-state index in [0.29, 0.717) is 26.3 Å². The normalized spacial score (nSPS) is 18.5. The van der Waals surface area contributed by atoms with Crippen LogP contribution >= 0.6 is 0 Å². The van der Waals surface area contributed by atoms with Crippen LogP contribution in [0.5, 0.6) is 0 Å². The number of aryl methyl sites for hydroxylation is 1. The first-order chi connectivity index (χ1) is 15.7. The number of benzene rings is 1. The van der Waals surface area contributed by atoms with Crippen LogP contribution in [-0.4, -0.2) is 69.9 Å². The molecule has 32 heavy (non-hydrogen) atoms. The summed E-state index contributed by atoms with van der Waals surface area (Å²) in [5.41, 5.74) is 1.56. The molecule has 3 aromatic rings. The molecule has 4 heterocycles. The summed E-state index contributed by atoms with van der Waals surface area (Å²) in [4.78, 5) is 26.8. The largest absolute Gasteiger partial charge is 0.381 e. The molecule has 2 aliphatic rings. The van der Waals surface area contributed by atoms with Crippen LogP contribution in [0, 0.1) is 6.92 Å². The number of rotatable bonds is 4. The smallest absolute Gasteiger partial charge is 0.233 e. The molecule has 0 N–H and O–H groups in total. The molecule has 2 aromatic heterocycles. The highest BCUT2D eigenvalue weighted by Crippen LogP contribution is 2.37. The van der Waals surface area contributed by atoms with Crippen molar-refractivity contribution in [2.24, 2.45) is 0 Å². The quantitative estimate of drug-likeness (QED) is 0.630. The van der Waals surface area contributed by atoms with Crippen molar-refractivity contribution in [1.82, 2.24) is 24.6 Å². The van der Waals surface area contributed by atoms with Crippen LogP contribution in [0.4, 0.5) is 5.82 Å². The van der Waals surface area contributed by atoms with E-state index in [1.165, 1.54) is 0 Å². The Balaban J connectivity index is 1.31. The third-order valence-electron chi connectivity index (χ3n) is 6.57. The van der Waals surface area contributed by atoms with Crippen LogP contribution in [0.3, 0.4) is 0 Å². The van der Waals surface area contributed by atoms with E-state index in [2.05, 4.69) is 32.1 Å². The lowest BCUT2D eigenvalue weighted by molar-refractivity contribution is -0.141. The summed E-state index contributed by atoms with van der Waals surface area (Å²) in [7, 11) is 0. The second-order valence-electron chi connectivity index (χ2n) is 8.48. The van der Waals surface area contributed by atoms with Gasteiger partial charge in [0.15, 0.2) is 5.82 Å². The van der Waals surface area contributed by atoms with E-state index in [-0.39, 0.29) is 5.91 Å². The van der Waals surface area contributed by atoms with E-state index >= 15 is 0 Å². The summed E-state index contributed by atoms with van der Waals surface area (Å²) in [5, 5.41) is 4.44. The molecular formula is C24H28N6O2. The number of piperazine rings is 1. The van der Waals surface area contributed by atoms with Gasteiger partial charge in [0.2, 0.25) is 5.91 Å². The Bertz CT molecular complexity index is 1070. The molecule has 1 aromatic carbocycles. The van der Waals surface area contributed by atoms with Crippen LogP contribution < -0.4 is 4.90 Å². The summed E-state index contributed by atoms with van der Waals surface area (Å²) >= 11 is 0. The second-order valence-corrected chi connectivity index (χ2v) is 8.48. The number of carbonyl (C=O) groups excluding carboxylic acids is 1. The number of anilines is 1. The molecular weight excluding hydrogens is 404 g/mol. The lowest BCUT2D eigenvalue weighted by Crippen LogP contribution is -2.56. The van der Waals surface area contributed by atoms with Gasteiger partial charge in [-0.3, -0.25) is 4.79 Å². The highest BCUT2D eigenvalue weighted by Gasteiger charge is 2.44. The van der Waals surface area contributed by atoms with E-state index in [0.717, 1.165) is 48.8 Å². The molecule has 5 rings (SSSR count). The predicted molar refractivity (Wildman–Crippen MR) is 121 cm³/mol. The van der Waals surface area contributed by atoms with Gasteiger partial charge in [-0.2, -0.15) is 5.10 Å². The van der Waals surface area contributed by atoms with Gasteiger partial charge in [0.25, 0.3) is 0 Å². The van der Waals surface area contributed by atoms with Crippen LogP contribution in [0.1, 0.15) is 24.1 Å². The Morgan fingerprint density at radius 1 is 0.969 bits per heavy atom. The maximum atomic E-state index is 13.8. The van der Waals surface area contributed by atoms with Gasteiger partial charge < -0.3 is 14.5 Å². The van der Waals surface area contributed by atoms with Gasteiger partial charge in [0, 0.05) is 51.7 Å². The summed E-state index contributed by atoms with van der Waals surface area (Å²) in [5.74, 6) is 1.83. The van der Waals surface area contributed by atoms with Crippen molar-refractivity contribution in [3.63, 3.8) is 0 Å². The molecule has 0 unspecified atom stereocenters. The SMILES string of the molecule is Cc1ccn(-c2cc(N3CCN(C(=O)C4(c5ccccc5)CCOCC4)CC3)ncn2)n1. The Morgan fingerprint density at radius 3 is 2.38 bits per heavy atom. The lowest BCUT2D eigenvalue weighted by Gasteiger charge is -2.43. The molecule has 8 heteroatoms. The fourth-order valence-electron chi connectivity index (χ4n) is 4.72. The van der Waals surface area contributed by atoms with Crippen molar-refractivity contribution in [1.29, 1.82) is 0 Å². The van der Waals surface area contributed by atoms with Gasteiger partial charge >= 0.3 is 0 Å². The van der Waals surface area contributed by atoms with Gasteiger partial charge in [0.05, 0.1) is 11.1 Å². The monoisotopic (exact) mass is 432 g/mol. The van der Waals surface area contributed by atoms with E-state index in [4.69, 9.17) is 4.74 Å². The Morgan fingerprint density at radius 2 is 1.69 bits per heavy atom. The molecule has 2 saturated heterocycles. The molecule has 0 radical (unpaired) electrons. The third-order valence-corrected chi connectivity index (χ3v) is 6.57. The fraction of sp³-hybridized carbons (Fsp3) is 0.417. The van der Waals surface area contributed by atoms with Crippen molar-refractivity contribution in [2.45, 2.75) is 25.2 Å². The molecule has 2 aliphatic heterocycles. The second kappa shape index (κ2) is 8.70. The van der Waals surface area contributed by atoms with Gasteiger partial charge in [-0.25, -0.2) is 14.6 Å². The van der Waals surface area contributed by atoms with Crippen molar-refractivity contribution in [3.8, 4) is 5.82 Å². The third kappa shape index (κ3) is 3.86. The van der Waals surface area contributed by atoms with Crippen LogP contribution in [0.2, 0.25) is 0 Å². The molecule has 166 valence electrons. The molecule has 0 atom stereocenters. The zero-order valence-corrected chi connectivity index (χ0v) is 18.4. The first kappa shape index (κ1) is 20.6. The molecule has 8 nitrogen and oxygen atoms in total. The van der Waals surface area contributed by atoms with E-state index in [9.17, 15) is 4.79 Å². The zero-order chi connectivity index (χ0) is 22.0. The average molecular weight is 433 g/mol. The highest BCUT2D eigenvalue weighted by atomic mass is 16.5. The zero-order valence-electron chi connectivity index (χ0n) is 18.4. The summed E-state index contributed by atoms with van der Waals surface area (Å²) < 4.78 is 7.37. The van der Waals surface area contributed by atoms with Crippen molar-refractivity contribution >= 4 is 11.7 Å². The number of hydrogen-bond acceptors (Lipinski definition) is 6. The Labute approximate surface area is 187 Å². The van der Waals surface area contributed by atoms with E-state index < -0.39 is 5.41 Å². The molecule has 2 fully saturated rings. The molecule has 0 spiro atoms. The average Bonchev–Trinajstić information content (AvgIpc) is 3.31. The first-order valence-electron chi connectivity index (χ1n) is 11.2. The van der Waals surface area contributed by atoms with Gasteiger partial charge in [0.1, 0.15) is 12.1 Å². The van der Waals surface area contributed by atoms with E-state index in [1.807, 2.05) is 48.4 Å². The number of amides is 1. The maximum Gasteiger partial charge on any atom is 0.233 e. The van der Waals surface area contributed by atoms with Gasteiger partial charge in [-0.05, 0) is 31.4 Å². The number of ether oxygens (including phenoxy) is 1. The Kier molecular flexibility index (Phi) is 5.61. The highest BCUT2D eigenvalue weighted by molar-refractivity contribution is 5.88. The minimum absolute atomic E-state index is 0.224. The number of aromatic nitrogens is 4. The standard InChI is InChI=1S/C24H28N6O2/c1-19-7-10-30(27-19)22-17-21(25-18-26-22)28-11-13-29(14-12-28)23(31)24(8-15-32-16-9-24)20-5-3-2-4-6-20/h2-7,10,17-18H,8-9,11-16H2,1H3.